The second kappa shape index (κ2) is 6.86. The zero-order chi connectivity index (χ0) is 20.0. The normalized spacial score (nSPS) is 11.3. The SMILES string of the molecule is Cc1nc(-c2cncc(F)c2)sc1-c1cc2ccn(C)c2c(-c2ccccn2)n1. The smallest absolute Gasteiger partial charge is 0.142 e. The molecular formula is C22H16FN5S. The molecule has 5 rings (SSSR count). The van der Waals surface area contributed by atoms with Crippen molar-refractivity contribution in [2.45, 2.75) is 6.92 Å². The van der Waals surface area contributed by atoms with E-state index in [1.807, 2.05) is 38.4 Å². The first-order valence-corrected chi connectivity index (χ1v) is 9.88. The van der Waals surface area contributed by atoms with Crippen LogP contribution in [-0.4, -0.2) is 24.5 Å². The minimum Gasteiger partial charge on any atom is -0.349 e. The number of hydrogen-bond acceptors (Lipinski definition) is 5. The Kier molecular flexibility index (Phi) is 4.17. The van der Waals surface area contributed by atoms with Crippen LogP contribution in [0.4, 0.5) is 4.39 Å². The molecule has 0 atom stereocenters. The average molecular weight is 401 g/mol. The van der Waals surface area contributed by atoms with Crippen LogP contribution in [0.3, 0.4) is 0 Å². The minimum absolute atomic E-state index is 0.377. The molecule has 5 heterocycles. The van der Waals surface area contributed by atoms with Gasteiger partial charge in [-0.15, -0.1) is 11.3 Å². The molecule has 0 radical (unpaired) electrons. The van der Waals surface area contributed by atoms with E-state index in [1.165, 1.54) is 23.6 Å². The second-order valence-corrected chi connectivity index (χ2v) is 7.76. The molecular weight excluding hydrogens is 385 g/mol. The summed E-state index contributed by atoms with van der Waals surface area (Å²) in [6, 6.07) is 11.4. The van der Waals surface area contributed by atoms with Crippen LogP contribution in [0.2, 0.25) is 0 Å². The van der Waals surface area contributed by atoms with Crippen LogP contribution in [0.5, 0.6) is 0 Å². The van der Waals surface area contributed by atoms with Gasteiger partial charge in [0.1, 0.15) is 16.5 Å². The van der Waals surface area contributed by atoms with Crippen LogP contribution in [0.25, 0.3) is 43.4 Å². The van der Waals surface area contributed by atoms with Gasteiger partial charge in [-0.3, -0.25) is 9.97 Å². The monoisotopic (exact) mass is 401 g/mol. The largest absolute Gasteiger partial charge is 0.349 e. The Morgan fingerprint density at radius 2 is 1.93 bits per heavy atom. The highest BCUT2D eigenvalue weighted by Crippen LogP contribution is 2.37. The summed E-state index contributed by atoms with van der Waals surface area (Å²) >= 11 is 1.49. The summed E-state index contributed by atoms with van der Waals surface area (Å²) in [6.45, 7) is 1.94. The van der Waals surface area contributed by atoms with Crippen molar-refractivity contribution in [3.63, 3.8) is 0 Å². The van der Waals surface area contributed by atoms with E-state index < -0.39 is 0 Å². The number of nitrogens with zero attached hydrogens (tertiary/aromatic N) is 5. The Bertz CT molecular complexity index is 1340. The van der Waals surface area contributed by atoms with Crippen LogP contribution in [0.15, 0.2) is 61.2 Å². The second-order valence-electron chi connectivity index (χ2n) is 6.76. The maximum atomic E-state index is 13.6. The number of fused-ring (bicyclic) bond motifs is 1. The lowest BCUT2D eigenvalue weighted by Crippen LogP contribution is -1.95. The van der Waals surface area contributed by atoms with Crippen LogP contribution in [-0.2, 0) is 7.05 Å². The highest BCUT2D eigenvalue weighted by molar-refractivity contribution is 7.18. The Morgan fingerprint density at radius 3 is 2.72 bits per heavy atom. The lowest BCUT2D eigenvalue weighted by Gasteiger charge is -2.08. The van der Waals surface area contributed by atoms with E-state index >= 15 is 0 Å². The number of hydrogen-bond donors (Lipinski definition) is 0. The molecule has 142 valence electrons. The standard InChI is InChI=1S/C22H16FN5S/c1-13-21(29-22(26-13)15-9-16(23)12-24-11-15)18-10-14-6-8-28(2)20(14)19(27-18)17-5-3-4-7-25-17/h3-12H,1-2H3. The summed E-state index contributed by atoms with van der Waals surface area (Å²) in [5.41, 5.74) is 5.02. The summed E-state index contributed by atoms with van der Waals surface area (Å²) < 4.78 is 15.6. The molecule has 0 amide bonds. The third-order valence-electron chi connectivity index (χ3n) is 4.74. The highest BCUT2D eigenvalue weighted by atomic mass is 32.1. The average Bonchev–Trinajstić information content (AvgIpc) is 3.31. The van der Waals surface area contributed by atoms with Crippen LogP contribution in [0, 0.1) is 12.7 Å². The number of rotatable bonds is 3. The van der Waals surface area contributed by atoms with E-state index in [9.17, 15) is 4.39 Å². The van der Waals surface area contributed by atoms with Crippen molar-refractivity contribution < 1.29 is 4.39 Å². The van der Waals surface area contributed by atoms with Crippen molar-refractivity contribution in [1.29, 1.82) is 0 Å². The lowest BCUT2D eigenvalue weighted by molar-refractivity contribution is 0.622. The third kappa shape index (κ3) is 3.09. The molecule has 7 heteroatoms. The molecule has 29 heavy (non-hydrogen) atoms. The molecule has 0 unspecified atom stereocenters. The molecule has 0 fully saturated rings. The minimum atomic E-state index is -0.377. The molecule has 5 nitrogen and oxygen atoms in total. The van der Waals surface area contributed by atoms with Crippen molar-refractivity contribution >= 4 is 22.2 Å². The van der Waals surface area contributed by atoms with Gasteiger partial charge in [0.05, 0.1) is 33.7 Å². The van der Waals surface area contributed by atoms with Gasteiger partial charge in [-0.25, -0.2) is 14.4 Å². The van der Waals surface area contributed by atoms with Crippen LogP contribution >= 0.6 is 11.3 Å². The maximum absolute atomic E-state index is 13.6. The Morgan fingerprint density at radius 1 is 1.03 bits per heavy atom. The van der Waals surface area contributed by atoms with E-state index in [-0.39, 0.29) is 5.82 Å². The Labute approximate surface area is 170 Å². The zero-order valence-electron chi connectivity index (χ0n) is 15.8. The fourth-order valence-corrected chi connectivity index (χ4v) is 4.41. The predicted octanol–water partition coefficient (Wildman–Crippen LogP) is 5.27. The number of aryl methyl sites for hydroxylation is 2. The Balaban J connectivity index is 1.71. The summed E-state index contributed by atoms with van der Waals surface area (Å²) in [5, 5.41) is 1.80. The molecule has 0 bridgehead atoms. The molecule has 0 aliphatic heterocycles. The first kappa shape index (κ1) is 17.6. The van der Waals surface area contributed by atoms with Gasteiger partial charge in [-0.1, -0.05) is 6.07 Å². The van der Waals surface area contributed by atoms with Crippen molar-refractivity contribution in [3.05, 3.63) is 72.7 Å². The van der Waals surface area contributed by atoms with E-state index in [2.05, 4.69) is 31.7 Å². The summed E-state index contributed by atoms with van der Waals surface area (Å²) in [4.78, 5) is 19.0. The molecule has 0 aliphatic rings. The molecule has 5 aromatic rings. The van der Waals surface area contributed by atoms with E-state index in [0.717, 1.165) is 43.6 Å². The van der Waals surface area contributed by atoms with E-state index in [0.29, 0.717) is 5.56 Å². The lowest BCUT2D eigenvalue weighted by atomic mass is 10.1. The van der Waals surface area contributed by atoms with Crippen LogP contribution < -0.4 is 0 Å². The number of halogens is 1. The molecule has 0 aromatic carbocycles. The predicted molar refractivity (Wildman–Crippen MR) is 113 cm³/mol. The van der Waals surface area contributed by atoms with Gasteiger partial charge in [-0.2, -0.15) is 0 Å². The Hall–Kier alpha value is -3.45. The zero-order valence-corrected chi connectivity index (χ0v) is 16.6. The first-order valence-electron chi connectivity index (χ1n) is 9.06. The number of pyridine rings is 3. The number of aromatic nitrogens is 5. The fraction of sp³-hybridized carbons (Fsp3) is 0.0909. The molecule has 0 saturated carbocycles. The van der Waals surface area contributed by atoms with Gasteiger partial charge in [0.2, 0.25) is 0 Å². The van der Waals surface area contributed by atoms with Crippen LogP contribution in [0.1, 0.15) is 5.69 Å². The molecule has 0 N–H and O–H groups in total. The summed E-state index contributed by atoms with van der Waals surface area (Å²) in [7, 11) is 2.00. The van der Waals surface area contributed by atoms with Gasteiger partial charge in [0, 0.05) is 36.6 Å². The van der Waals surface area contributed by atoms with Gasteiger partial charge in [0.25, 0.3) is 0 Å². The van der Waals surface area contributed by atoms with Crippen molar-refractivity contribution in [3.8, 4) is 32.5 Å². The van der Waals surface area contributed by atoms with Gasteiger partial charge < -0.3 is 4.57 Å². The van der Waals surface area contributed by atoms with Crippen molar-refractivity contribution in [1.82, 2.24) is 24.5 Å². The molecule has 0 saturated heterocycles. The first-order chi connectivity index (χ1) is 14.1. The van der Waals surface area contributed by atoms with E-state index in [1.54, 1.807) is 12.4 Å². The maximum Gasteiger partial charge on any atom is 0.142 e. The third-order valence-corrected chi connectivity index (χ3v) is 5.97. The summed E-state index contributed by atoms with van der Waals surface area (Å²) in [5.74, 6) is -0.377. The van der Waals surface area contributed by atoms with Gasteiger partial charge >= 0.3 is 0 Å². The summed E-state index contributed by atoms with van der Waals surface area (Å²) in [6.07, 6.45) is 6.60. The molecule has 0 spiro atoms. The van der Waals surface area contributed by atoms with E-state index in [4.69, 9.17) is 4.98 Å². The highest BCUT2D eigenvalue weighted by Gasteiger charge is 2.18. The molecule has 0 aliphatic carbocycles. The fourth-order valence-electron chi connectivity index (χ4n) is 3.41. The van der Waals surface area contributed by atoms with Gasteiger partial charge in [0.15, 0.2) is 0 Å². The van der Waals surface area contributed by atoms with Gasteiger partial charge in [-0.05, 0) is 37.3 Å². The molecule has 5 aromatic heterocycles. The number of thiazole rings is 1. The van der Waals surface area contributed by atoms with Crippen molar-refractivity contribution in [2.75, 3.05) is 0 Å². The van der Waals surface area contributed by atoms with Crippen molar-refractivity contribution in [2.24, 2.45) is 7.05 Å². The topological polar surface area (TPSA) is 56.5 Å². The quantitative estimate of drug-likeness (QED) is 0.413.